The fourth-order valence-electron chi connectivity index (χ4n) is 4.29. The number of nitrogens with one attached hydrogen (secondary N) is 1. The van der Waals surface area contributed by atoms with E-state index >= 15 is 0 Å². The molecule has 1 N–H and O–H groups in total. The molecule has 0 atom stereocenters. The van der Waals surface area contributed by atoms with Gasteiger partial charge < -0.3 is 0 Å². The highest BCUT2D eigenvalue weighted by atomic mass is 32.2. The molecule has 0 radical (unpaired) electrons. The minimum Gasteiger partial charge on any atom is -0.286 e. The van der Waals surface area contributed by atoms with Crippen molar-refractivity contribution in [1.82, 2.24) is 9.58 Å². The summed E-state index contributed by atoms with van der Waals surface area (Å²) in [7, 11) is 0. The lowest BCUT2D eigenvalue weighted by Crippen LogP contribution is -2.31. The number of nitrogens with zero attached hydrogens (tertiary/aromatic N) is 3. The molecule has 1 aliphatic rings. The van der Waals surface area contributed by atoms with Crippen LogP contribution in [-0.2, 0) is 11.2 Å². The van der Waals surface area contributed by atoms with E-state index in [0.717, 1.165) is 29.1 Å². The van der Waals surface area contributed by atoms with Crippen LogP contribution in [-0.4, -0.2) is 33.1 Å². The van der Waals surface area contributed by atoms with E-state index < -0.39 is 0 Å². The van der Waals surface area contributed by atoms with Gasteiger partial charge in [0.15, 0.2) is 5.17 Å². The number of amidine groups is 1. The van der Waals surface area contributed by atoms with Crippen LogP contribution in [0.4, 0.5) is 5.69 Å². The predicted octanol–water partition coefficient (Wildman–Crippen LogP) is 6.34. The molecule has 3 aromatic carbocycles. The lowest BCUT2D eigenvalue weighted by atomic mass is 10.1. The van der Waals surface area contributed by atoms with Crippen LogP contribution in [0.25, 0.3) is 6.08 Å². The van der Waals surface area contributed by atoms with E-state index in [2.05, 4.69) is 17.6 Å². The molecule has 0 unspecified atom stereocenters. The number of aryl methyl sites for hydroxylation is 1. The van der Waals surface area contributed by atoms with Gasteiger partial charge in [0.1, 0.15) is 0 Å². The van der Waals surface area contributed by atoms with Gasteiger partial charge in [-0.25, -0.2) is 4.99 Å². The Kier molecular flexibility index (Phi) is 7.56. The van der Waals surface area contributed by atoms with E-state index in [1.54, 1.807) is 21.7 Å². The fraction of sp³-hybridized carbons (Fsp3) is 0.129. The zero-order chi connectivity index (χ0) is 26.5. The third kappa shape index (κ3) is 5.63. The molecule has 190 valence electrons. The quantitative estimate of drug-likeness (QED) is 0.289. The number of thioether (sulfide) groups is 1. The third-order valence-electron chi connectivity index (χ3n) is 6.34. The highest BCUT2D eigenvalue weighted by Crippen LogP contribution is 2.35. The summed E-state index contributed by atoms with van der Waals surface area (Å²) in [5, 5.41) is 0.662. The largest absolute Gasteiger partial charge is 0.286 e. The molecule has 2 heterocycles. The molecule has 5 rings (SSSR count). The van der Waals surface area contributed by atoms with Crippen molar-refractivity contribution in [2.75, 3.05) is 12.0 Å². The van der Waals surface area contributed by atoms with Crippen molar-refractivity contribution in [2.45, 2.75) is 20.3 Å². The Balaban J connectivity index is 1.42. The molecule has 0 spiro atoms. The van der Waals surface area contributed by atoms with Crippen LogP contribution < -0.4 is 5.43 Å². The number of hydrogen-bond acceptors (Lipinski definition) is 4. The first kappa shape index (κ1) is 25.3. The number of aromatic nitrogens is 1. The molecule has 1 fully saturated rings. The van der Waals surface area contributed by atoms with Crippen LogP contribution in [0.1, 0.15) is 32.9 Å². The van der Waals surface area contributed by atoms with Crippen molar-refractivity contribution < 1.29 is 9.59 Å². The van der Waals surface area contributed by atoms with Gasteiger partial charge in [-0.15, -0.1) is 0 Å². The second kappa shape index (κ2) is 11.4. The van der Waals surface area contributed by atoms with Crippen LogP contribution in [0.3, 0.4) is 0 Å². The van der Waals surface area contributed by atoms with Gasteiger partial charge in [0.2, 0.25) is 0 Å². The summed E-state index contributed by atoms with van der Waals surface area (Å²) in [5.74, 6) is -0.263. The smallest absolute Gasteiger partial charge is 0.270 e. The van der Waals surface area contributed by atoms with Crippen molar-refractivity contribution in [2.24, 2.45) is 4.99 Å². The molecular weight excluding hydrogens is 492 g/mol. The van der Waals surface area contributed by atoms with Gasteiger partial charge in [0.25, 0.3) is 11.8 Å². The maximum absolute atomic E-state index is 13.6. The van der Waals surface area contributed by atoms with Gasteiger partial charge in [0.05, 0.1) is 10.6 Å². The first-order valence-corrected chi connectivity index (χ1v) is 13.3. The number of amides is 2. The predicted molar refractivity (Wildman–Crippen MR) is 155 cm³/mol. The molecule has 6 nitrogen and oxygen atoms in total. The van der Waals surface area contributed by atoms with E-state index in [9.17, 15) is 9.59 Å². The summed E-state index contributed by atoms with van der Waals surface area (Å²) >= 11 is 1.38. The van der Waals surface area contributed by atoms with Crippen LogP contribution in [0.5, 0.6) is 0 Å². The highest BCUT2D eigenvalue weighted by Gasteiger charge is 2.33. The van der Waals surface area contributed by atoms with E-state index in [4.69, 9.17) is 4.99 Å². The Morgan fingerprint density at radius 1 is 0.921 bits per heavy atom. The number of aliphatic imine (C=N–C) groups is 1. The lowest BCUT2D eigenvalue weighted by molar-refractivity contribution is -0.122. The number of benzene rings is 3. The second-order valence-electron chi connectivity index (χ2n) is 9.00. The SMILES string of the molecule is Cc1cc(/C=C2\SC(=Nc3ccccc3)N(CCc3ccccc3)C2=O)c(C)n1NC(=O)c1ccccc1. The monoisotopic (exact) mass is 520 g/mol. The zero-order valence-corrected chi connectivity index (χ0v) is 22.1. The summed E-state index contributed by atoms with van der Waals surface area (Å²) in [6, 6.07) is 30.9. The first-order chi connectivity index (χ1) is 18.5. The molecule has 38 heavy (non-hydrogen) atoms. The van der Waals surface area contributed by atoms with Gasteiger partial charge in [0, 0.05) is 23.5 Å². The van der Waals surface area contributed by atoms with Crippen LogP contribution >= 0.6 is 11.8 Å². The van der Waals surface area contributed by atoms with Gasteiger partial charge >= 0.3 is 0 Å². The fourth-order valence-corrected chi connectivity index (χ4v) is 5.31. The maximum atomic E-state index is 13.6. The van der Waals surface area contributed by atoms with Gasteiger partial charge in [-0.2, -0.15) is 0 Å². The van der Waals surface area contributed by atoms with Crippen LogP contribution in [0.2, 0.25) is 0 Å². The molecule has 2 amide bonds. The zero-order valence-electron chi connectivity index (χ0n) is 21.3. The van der Waals surface area contributed by atoms with Crippen LogP contribution in [0, 0.1) is 13.8 Å². The molecule has 1 aromatic heterocycles. The van der Waals surface area contributed by atoms with Crippen molar-refractivity contribution >= 4 is 40.5 Å². The van der Waals surface area contributed by atoms with Crippen LogP contribution in [0.15, 0.2) is 107 Å². The Morgan fingerprint density at radius 3 is 2.24 bits per heavy atom. The number of carbonyl (C=O) groups excluding carboxylic acids is 2. The third-order valence-corrected chi connectivity index (χ3v) is 7.35. The number of rotatable bonds is 7. The number of para-hydroxylation sites is 1. The Morgan fingerprint density at radius 2 is 1.55 bits per heavy atom. The summed E-state index contributed by atoms with van der Waals surface area (Å²) in [4.78, 5) is 33.5. The van der Waals surface area contributed by atoms with Crippen molar-refractivity contribution in [3.8, 4) is 0 Å². The summed E-state index contributed by atoms with van der Waals surface area (Å²) in [6.45, 7) is 4.39. The van der Waals surface area contributed by atoms with Crippen molar-refractivity contribution in [3.63, 3.8) is 0 Å². The maximum Gasteiger partial charge on any atom is 0.270 e. The molecule has 0 aliphatic carbocycles. The lowest BCUT2D eigenvalue weighted by Gasteiger charge is -2.15. The van der Waals surface area contributed by atoms with Crippen molar-refractivity contribution in [1.29, 1.82) is 0 Å². The molecule has 7 heteroatoms. The molecule has 1 saturated heterocycles. The molecule has 0 saturated carbocycles. The molecular formula is C31H28N4O2S. The number of carbonyl (C=O) groups is 2. The standard InChI is InChI=1S/C31H28N4O2S/c1-22-20-26(23(2)35(22)33-29(36)25-14-8-4-9-15-25)21-28-30(37)34(19-18-24-12-6-3-7-13-24)31(38-28)32-27-16-10-5-11-17-27/h3-17,20-21H,18-19H2,1-2H3,(H,33,36)/b28-21-,32-31?. The first-order valence-electron chi connectivity index (χ1n) is 12.4. The van der Waals surface area contributed by atoms with Crippen molar-refractivity contribution in [3.05, 3.63) is 130 Å². The Hall–Kier alpha value is -4.36. The van der Waals surface area contributed by atoms with E-state index in [-0.39, 0.29) is 11.8 Å². The topological polar surface area (TPSA) is 66.7 Å². The number of hydrogen-bond donors (Lipinski definition) is 1. The molecule has 0 bridgehead atoms. The Labute approximate surface area is 226 Å². The van der Waals surface area contributed by atoms with E-state index in [0.29, 0.717) is 22.2 Å². The minimum absolute atomic E-state index is 0.0706. The molecule has 4 aromatic rings. The van der Waals surface area contributed by atoms with E-state index in [1.807, 2.05) is 92.7 Å². The van der Waals surface area contributed by atoms with Gasteiger partial charge in [-0.1, -0.05) is 66.7 Å². The van der Waals surface area contributed by atoms with E-state index in [1.165, 1.54) is 17.3 Å². The summed E-state index contributed by atoms with van der Waals surface area (Å²) in [6.07, 6.45) is 2.62. The van der Waals surface area contributed by atoms with Gasteiger partial charge in [-0.3, -0.25) is 24.6 Å². The summed E-state index contributed by atoms with van der Waals surface area (Å²) in [5.41, 5.74) is 8.10. The summed E-state index contributed by atoms with van der Waals surface area (Å²) < 4.78 is 1.76. The Bertz CT molecular complexity index is 1510. The average Bonchev–Trinajstić information content (AvgIpc) is 3.38. The van der Waals surface area contributed by atoms with Gasteiger partial charge in [-0.05, 0) is 79.6 Å². The average molecular weight is 521 g/mol. The minimum atomic E-state index is -0.192. The highest BCUT2D eigenvalue weighted by molar-refractivity contribution is 8.18. The molecule has 1 aliphatic heterocycles. The normalized spacial score (nSPS) is 15.4. The second-order valence-corrected chi connectivity index (χ2v) is 10.0.